The molecule has 0 aliphatic rings. The third-order valence-electron chi connectivity index (χ3n) is 7.02. The van der Waals surface area contributed by atoms with Gasteiger partial charge >= 0.3 is 0 Å². The van der Waals surface area contributed by atoms with Crippen LogP contribution in [0, 0.1) is 0 Å². The molecule has 1 aromatic heterocycles. The number of carbonyl (C=O) groups excluding carboxylic acids is 2. The highest BCUT2D eigenvalue weighted by atomic mass is 35.5. The van der Waals surface area contributed by atoms with Crippen molar-refractivity contribution >= 4 is 75.3 Å². The first kappa shape index (κ1) is 32.4. The Morgan fingerprint density at radius 3 is 2.36 bits per heavy atom. The van der Waals surface area contributed by atoms with Gasteiger partial charge in [0.2, 0.25) is 0 Å². The van der Waals surface area contributed by atoms with Gasteiger partial charge in [-0.3, -0.25) is 9.59 Å². The van der Waals surface area contributed by atoms with Crippen molar-refractivity contribution in [2.75, 3.05) is 0 Å². The summed E-state index contributed by atoms with van der Waals surface area (Å²) in [5.41, 5.74) is 6.23. The van der Waals surface area contributed by atoms with Crippen molar-refractivity contribution in [2.24, 2.45) is 5.10 Å². The van der Waals surface area contributed by atoms with E-state index >= 15 is 0 Å². The van der Waals surface area contributed by atoms with Crippen LogP contribution in [-0.2, 0) is 22.6 Å². The van der Waals surface area contributed by atoms with E-state index in [1.54, 1.807) is 31.3 Å². The summed E-state index contributed by atoms with van der Waals surface area (Å²) >= 11 is 24.5. The SMILES string of the molecule is C[C@H](Oc1ccc(Cl)cc1Cl)C(=O)N[C@@H](Cc1ccccc1)C(=O)N/N=C\c1cn(Cc2ccc(Cl)c(Cl)c2)c2ccccc12. The van der Waals surface area contributed by atoms with E-state index in [4.69, 9.17) is 51.1 Å². The first-order valence-corrected chi connectivity index (χ1v) is 15.5. The smallest absolute Gasteiger partial charge is 0.262 e. The predicted octanol–water partition coefficient (Wildman–Crippen LogP) is 7.95. The third kappa shape index (κ3) is 8.38. The summed E-state index contributed by atoms with van der Waals surface area (Å²) < 4.78 is 7.82. The van der Waals surface area contributed by atoms with E-state index in [0.29, 0.717) is 27.4 Å². The van der Waals surface area contributed by atoms with E-state index in [2.05, 4.69) is 20.4 Å². The number of fused-ring (bicyclic) bond motifs is 1. The zero-order chi connectivity index (χ0) is 31.9. The quantitative estimate of drug-likeness (QED) is 0.110. The molecule has 0 radical (unpaired) electrons. The molecular formula is C34H28Cl4N4O3. The second-order valence-corrected chi connectivity index (χ2v) is 12.0. The molecule has 0 unspecified atom stereocenters. The molecule has 5 aromatic rings. The molecule has 0 aliphatic carbocycles. The Morgan fingerprint density at radius 1 is 0.844 bits per heavy atom. The van der Waals surface area contributed by atoms with Gasteiger partial charge in [-0.2, -0.15) is 5.10 Å². The lowest BCUT2D eigenvalue weighted by Crippen LogP contribution is -2.50. The Kier molecular flexibility index (Phi) is 10.7. The zero-order valence-corrected chi connectivity index (χ0v) is 27.0. The van der Waals surface area contributed by atoms with Gasteiger partial charge in [0.25, 0.3) is 11.8 Å². The van der Waals surface area contributed by atoms with Gasteiger partial charge in [0.1, 0.15) is 11.8 Å². The molecule has 5 rings (SSSR count). The van der Waals surface area contributed by atoms with Crippen LogP contribution in [0.1, 0.15) is 23.6 Å². The van der Waals surface area contributed by atoms with Gasteiger partial charge in [0, 0.05) is 40.7 Å². The van der Waals surface area contributed by atoms with Gasteiger partial charge < -0.3 is 14.6 Å². The first-order valence-electron chi connectivity index (χ1n) is 14.0. The normalized spacial score (nSPS) is 12.6. The number of ether oxygens (including phenoxy) is 1. The van der Waals surface area contributed by atoms with Crippen molar-refractivity contribution in [1.29, 1.82) is 0 Å². The van der Waals surface area contributed by atoms with Crippen LogP contribution in [0.3, 0.4) is 0 Å². The zero-order valence-electron chi connectivity index (χ0n) is 24.0. The Balaban J connectivity index is 1.31. The number of hydrazone groups is 1. The topological polar surface area (TPSA) is 84.7 Å². The van der Waals surface area contributed by atoms with E-state index in [1.165, 1.54) is 6.07 Å². The number of hydrogen-bond acceptors (Lipinski definition) is 4. The number of carbonyl (C=O) groups is 2. The van der Waals surface area contributed by atoms with Crippen molar-refractivity contribution in [1.82, 2.24) is 15.3 Å². The number of rotatable bonds is 11. The van der Waals surface area contributed by atoms with Gasteiger partial charge in [-0.25, -0.2) is 5.43 Å². The number of amides is 2. The number of nitrogens with zero attached hydrogens (tertiary/aromatic N) is 2. The highest BCUT2D eigenvalue weighted by Crippen LogP contribution is 2.28. The number of benzene rings is 4. The van der Waals surface area contributed by atoms with Crippen molar-refractivity contribution in [3.05, 3.63) is 134 Å². The summed E-state index contributed by atoms with van der Waals surface area (Å²) in [6.45, 7) is 2.13. The van der Waals surface area contributed by atoms with Crippen LogP contribution in [0.15, 0.2) is 102 Å². The fraction of sp³-hybridized carbons (Fsp3) is 0.147. The molecule has 0 saturated heterocycles. The Hall–Kier alpha value is -4.01. The van der Waals surface area contributed by atoms with Crippen molar-refractivity contribution in [3.63, 3.8) is 0 Å². The first-order chi connectivity index (χ1) is 21.7. The molecule has 2 N–H and O–H groups in total. The van der Waals surface area contributed by atoms with Crippen LogP contribution in [-0.4, -0.2) is 34.7 Å². The van der Waals surface area contributed by atoms with E-state index in [1.807, 2.05) is 72.9 Å². The van der Waals surface area contributed by atoms with E-state index in [-0.39, 0.29) is 11.4 Å². The Labute approximate surface area is 280 Å². The number of para-hydroxylation sites is 1. The molecule has 0 fully saturated rings. The van der Waals surface area contributed by atoms with E-state index in [9.17, 15) is 9.59 Å². The molecule has 230 valence electrons. The van der Waals surface area contributed by atoms with Gasteiger partial charge in [-0.1, -0.05) is 101 Å². The molecule has 45 heavy (non-hydrogen) atoms. The second kappa shape index (κ2) is 14.8. The average molecular weight is 682 g/mol. The van der Waals surface area contributed by atoms with Crippen LogP contribution in [0.5, 0.6) is 5.75 Å². The van der Waals surface area contributed by atoms with E-state index < -0.39 is 24.0 Å². The largest absolute Gasteiger partial charge is 0.479 e. The predicted molar refractivity (Wildman–Crippen MR) is 182 cm³/mol. The van der Waals surface area contributed by atoms with Crippen LogP contribution in [0.25, 0.3) is 10.9 Å². The van der Waals surface area contributed by atoms with Crippen molar-refractivity contribution in [3.8, 4) is 5.75 Å². The molecule has 0 aliphatic heterocycles. The molecule has 0 spiro atoms. The maximum Gasteiger partial charge on any atom is 0.262 e. The second-order valence-electron chi connectivity index (χ2n) is 10.3. The summed E-state index contributed by atoms with van der Waals surface area (Å²) in [4.78, 5) is 26.5. The molecule has 7 nitrogen and oxygen atoms in total. The number of nitrogens with one attached hydrogen (secondary N) is 2. The summed E-state index contributed by atoms with van der Waals surface area (Å²) in [5, 5.41) is 9.70. The van der Waals surface area contributed by atoms with Gasteiger partial charge in [0.05, 0.1) is 21.3 Å². The average Bonchev–Trinajstić information content (AvgIpc) is 3.37. The van der Waals surface area contributed by atoms with Gasteiger partial charge in [0.15, 0.2) is 6.10 Å². The summed E-state index contributed by atoms with van der Waals surface area (Å²) in [5.74, 6) is -0.679. The molecule has 2 atom stereocenters. The van der Waals surface area contributed by atoms with Gasteiger partial charge in [-0.15, -0.1) is 0 Å². The summed E-state index contributed by atoms with van der Waals surface area (Å²) in [6.07, 6.45) is 2.83. The minimum absolute atomic E-state index is 0.241. The maximum atomic E-state index is 13.4. The fourth-order valence-corrected chi connectivity index (χ4v) is 5.52. The van der Waals surface area contributed by atoms with Crippen LogP contribution < -0.4 is 15.5 Å². The highest BCUT2D eigenvalue weighted by Gasteiger charge is 2.25. The van der Waals surface area contributed by atoms with Crippen LogP contribution in [0.2, 0.25) is 20.1 Å². The standard InChI is InChI=1S/C34H28Cl4N4O3/c1-21(45-32-14-12-25(35)17-29(32)38)33(43)40-30(16-22-7-3-2-4-8-22)34(44)41-39-18-24-20-42(31-10-6-5-9-26(24)31)19-23-11-13-27(36)28(37)15-23/h2-15,17-18,20-21,30H,16,19H2,1H3,(H,40,43)(H,41,44)/b39-18-/t21-,30-/m0/s1. The number of aromatic nitrogens is 1. The molecule has 11 heteroatoms. The molecule has 4 aromatic carbocycles. The van der Waals surface area contributed by atoms with Crippen LogP contribution in [0.4, 0.5) is 0 Å². The molecule has 2 amide bonds. The van der Waals surface area contributed by atoms with Crippen LogP contribution >= 0.6 is 46.4 Å². The maximum absolute atomic E-state index is 13.4. The van der Waals surface area contributed by atoms with Gasteiger partial charge in [-0.05, 0) is 54.4 Å². The minimum atomic E-state index is -0.945. The Bertz CT molecular complexity index is 1860. The van der Waals surface area contributed by atoms with Crippen molar-refractivity contribution in [2.45, 2.75) is 32.0 Å². The Morgan fingerprint density at radius 2 is 1.60 bits per heavy atom. The summed E-state index contributed by atoms with van der Waals surface area (Å²) in [6, 6.07) is 26.6. The molecule has 0 saturated carbocycles. The minimum Gasteiger partial charge on any atom is -0.479 e. The van der Waals surface area contributed by atoms with Crippen molar-refractivity contribution < 1.29 is 14.3 Å². The number of hydrogen-bond donors (Lipinski definition) is 2. The molecule has 1 heterocycles. The third-order valence-corrected chi connectivity index (χ3v) is 8.29. The monoisotopic (exact) mass is 680 g/mol. The summed E-state index contributed by atoms with van der Waals surface area (Å²) in [7, 11) is 0. The highest BCUT2D eigenvalue weighted by molar-refractivity contribution is 6.42. The lowest BCUT2D eigenvalue weighted by atomic mass is 10.1. The van der Waals surface area contributed by atoms with E-state index in [0.717, 1.165) is 27.6 Å². The fourth-order valence-electron chi connectivity index (χ4n) is 4.75. The lowest BCUT2D eigenvalue weighted by Gasteiger charge is -2.21. The molecular weight excluding hydrogens is 654 g/mol. The number of halogens is 4. The molecule has 0 bridgehead atoms. The lowest BCUT2D eigenvalue weighted by molar-refractivity contribution is -0.132.